The van der Waals surface area contributed by atoms with Gasteiger partial charge in [-0.2, -0.15) is 26.3 Å². The van der Waals surface area contributed by atoms with Crippen molar-refractivity contribution < 1.29 is 31.5 Å². The van der Waals surface area contributed by atoms with E-state index in [1.807, 2.05) is 31.3 Å². The van der Waals surface area contributed by atoms with Gasteiger partial charge >= 0.3 is 12.1 Å². The number of unbranched alkanes of at least 4 members (excludes halogenated alkanes) is 5. The zero-order valence-electron chi connectivity index (χ0n) is 19.3. The number of nitrogens with zero attached hydrogens (tertiary/aromatic N) is 1. The molecule has 1 aliphatic heterocycles. The molecule has 1 aliphatic rings. The molecule has 0 aromatic heterocycles. The number of halogens is 3. The molecule has 2 rings (SSSR count). The minimum atomic E-state index is -5.08. The highest BCUT2D eigenvalue weighted by atomic mass is 32.2. The first-order chi connectivity index (χ1) is 15.4. The normalized spacial score (nSPS) is 17.2. The predicted octanol–water partition coefficient (Wildman–Crippen LogP) is 4.56. The molecule has 0 aliphatic carbocycles. The lowest BCUT2D eigenvalue weighted by Gasteiger charge is -2.30. The highest BCUT2D eigenvalue weighted by molar-refractivity contribution is 7.90. The average Bonchev–Trinajstić information content (AvgIpc) is 2.71. The molecule has 0 radical (unpaired) electrons. The monoisotopic (exact) mass is 495 g/mol. The molecule has 1 unspecified atom stereocenters. The van der Waals surface area contributed by atoms with Crippen LogP contribution >= 0.6 is 0 Å². The first-order valence-corrected chi connectivity index (χ1v) is 12.8. The first-order valence-electron chi connectivity index (χ1n) is 11.3. The second kappa shape index (κ2) is 14.4. The quantitative estimate of drug-likeness (QED) is 0.391. The number of carbonyl (C=O) groups is 1. The van der Waals surface area contributed by atoms with Crippen molar-refractivity contribution in [1.82, 2.24) is 9.62 Å². The van der Waals surface area contributed by atoms with Gasteiger partial charge in [-0.15, -0.1) is 0 Å². The molecular weight excluding hydrogens is 459 g/mol. The predicted molar refractivity (Wildman–Crippen MR) is 123 cm³/mol. The van der Waals surface area contributed by atoms with Gasteiger partial charge in [0, 0.05) is 18.3 Å². The maximum Gasteiger partial charge on any atom is 0.490 e. The Bertz CT molecular complexity index is 802. The Kier molecular flexibility index (Phi) is 12.8. The molecule has 7 nitrogen and oxygen atoms in total. The summed E-state index contributed by atoms with van der Waals surface area (Å²) in [4.78, 5) is 11.1. The molecule has 190 valence electrons. The fourth-order valence-electron chi connectivity index (χ4n) is 3.52. The van der Waals surface area contributed by atoms with Crippen molar-refractivity contribution in [2.45, 2.75) is 76.9 Å². The van der Waals surface area contributed by atoms with Crippen LogP contribution in [0.3, 0.4) is 0 Å². The molecule has 0 amide bonds. The van der Waals surface area contributed by atoms with E-state index in [-0.39, 0.29) is 6.04 Å². The molecule has 0 saturated carbocycles. The van der Waals surface area contributed by atoms with Gasteiger partial charge in [0.25, 0.3) is 10.2 Å². The van der Waals surface area contributed by atoms with Crippen molar-refractivity contribution in [2.75, 3.05) is 24.9 Å². The van der Waals surface area contributed by atoms with Gasteiger partial charge in [0.05, 0.1) is 0 Å². The average molecular weight is 496 g/mol. The Morgan fingerprint density at radius 2 is 1.70 bits per heavy atom. The standard InChI is InChI=1S/C20H35N3O2S.C2HF3O2/c1-3-4-5-6-7-8-10-18-12-14-19(15-13-18)21-26(24,25)22-20-11-9-16-23(2)17-20;3-2(4,5)1(6)7/h12-15,20-22H,3-11,16-17H2,1-2H3;(H,6,7). The van der Waals surface area contributed by atoms with Gasteiger partial charge in [-0.25, -0.2) is 4.79 Å². The van der Waals surface area contributed by atoms with Crippen LogP contribution in [0.4, 0.5) is 18.9 Å². The van der Waals surface area contributed by atoms with E-state index in [1.54, 1.807) is 0 Å². The second-order valence-corrected chi connectivity index (χ2v) is 9.79. The van der Waals surface area contributed by atoms with E-state index < -0.39 is 22.4 Å². The Hall–Kier alpha value is -1.85. The second-order valence-electron chi connectivity index (χ2n) is 8.34. The molecule has 33 heavy (non-hydrogen) atoms. The van der Waals surface area contributed by atoms with E-state index >= 15 is 0 Å². The van der Waals surface area contributed by atoms with Gasteiger partial charge < -0.3 is 10.0 Å². The zero-order valence-corrected chi connectivity index (χ0v) is 20.1. The number of nitrogens with one attached hydrogen (secondary N) is 2. The summed E-state index contributed by atoms with van der Waals surface area (Å²) >= 11 is 0. The van der Waals surface area contributed by atoms with Crippen molar-refractivity contribution in [2.24, 2.45) is 0 Å². The number of hydrogen-bond donors (Lipinski definition) is 3. The van der Waals surface area contributed by atoms with Crippen LogP contribution in [0.1, 0.15) is 63.9 Å². The number of aliphatic carboxylic acids is 1. The van der Waals surface area contributed by atoms with Crippen molar-refractivity contribution in [1.29, 1.82) is 0 Å². The topological polar surface area (TPSA) is 98.7 Å². The first kappa shape index (κ1) is 29.2. The molecule has 1 heterocycles. The summed E-state index contributed by atoms with van der Waals surface area (Å²) in [6.07, 6.45) is 5.63. The lowest BCUT2D eigenvalue weighted by molar-refractivity contribution is -0.192. The van der Waals surface area contributed by atoms with E-state index in [1.165, 1.54) is 44.1 Å². The summed E-state index contributed by atoms with van der Waals surface area (Å²) in [7, 11) is -1.50. The summed E-state index contributed by atoms with van der Waals surface area (Å²) in [6, 6.07) is 7.76. The number of benzene rings is 1. The van der Waals surface area contributed by atoms with Gasteiger partial charge in [-0.3, -0.25) is 4.72 Å². The van der Waals surface area contributed by atoms with Crippen molar-refractivity contribution in [3.8, 4) is 0 Å². The van der Waals surface area contributed by atoms with Gasteiger partial charge in [-0.1, -0.05) is 51.2 Å². The summed E-state index contributed by atoms with van der Waals surface area (Å²) in [5.74, 6) is -2.76. The van der Waals surface area contributed by atoms with Crippen molar-refractivity contribution in [3.63, 3.8) is 0 Å². The Morgan fingerprint density at radius 1 is 1.12 bits per heavy atom. The van der Waals surface area contributed by atoms with Crippen LogP contribution in [0.2, 0.25) is 0 Å². The number of piperidine rings is 1. The van der Waals surface area contributed by atoms with Crippen LogP contribution in [0.15, 0.2) is 24.3 Å². The number of carboxylic acid groups (broad SMARTS) is 1. The van der Waals surface area contributed by atoms with Crippen LogP contribution in [-0.4, -0.2) is 56.7 Å². The Morgan fingerprint density at radius 3 is 2.24 bits per heavy atom. The van der Waals surface area contributed by atoms with E-state index in [0.29, 0.717) is 5.69 Å². The summed E-state index contributed by atoms with van der Waals surface area (Å²) in [5.41, 5.74) is 1.89. The van der Waals surface area contributed by atoms with Gasteiger partial charge in [0.15, 0.2) is 0 Å². The Labute approximate surface area is 194 Å². The molecule has 1 saturated heterocycles. The maximum atomic E-state index is 12.3. The molecule has 0 bridgehead atoms. The number of anilines is 1. The van der Waals surface area contributed by atoms with Gasteiger partial charge in [0.2, 0.25) is 0 Å². The number of hydrogen-bond acceptors (Lipinski definition) is 4. The maximum absolute atomic E-state index is 12.3. The van der Waals surface area contributed by atoms with Crippen molar-refractivity contribution in [3.05, 3.63) is 29.8 Å². The van der Waals surface area contributed by atoms with E-state index in [0.717, 1.165) is 32.4 Å². The smallest absolute Gasteiger partial charge is 0.475 e. The van der Waals surface area contributed by atoms with E-state index in [9.17, 15) is 21.6 Å². The number of likely N-dealkylation sites (N-methyl/N-ethyl adjacent to an activating group) is 1. The zero-order chi connectivity index (χ0) is 24.9. The van der Waals surface area contributed by atoms with Crippen LogP contribution < -0.4 is 9.44 Å². The van der Waals surface area contributed by atoms with E-state index in [4.69, 9.17) is 9.90 Å². The van der Waals surface area contributed by atoms with Gasteiger partial charge in [-0.05, 0) is 57.0 Å². The number of rotatable bonds is 11. The fourth-order valence-corrected chi connectivity index (χ4v) is 4.65. The highest BCUT2D eigenvalue weighted by Gasteiger charge is 2.38. The van der Waals surface area contributed by atoms with Crippen molar-refractivity contribution >= 4 is 21.9 Å². The lowest BCUT2D eigenvalue weighted by atomic mass is 10.0. The molecule has 1 fully saturated rings. The fraction of sp³-hybridized carbons (Fsp3) is 0.682. The number of alkyl halides is 3. The minimum Gasteiger partial charge on any atom is -0.475 e. The van der Waals surface area contributed by atoms with Crippen LogP contribution in [0.25, 0.3) is 0 Å². The molecule has 11 heteroatoms. The SMILES string of the molecule is CCCCCCCCc1ccc(NS(=O)(=O)NC2CCCN(C)C2)cc1.O=C(O)C(F)(F)F. The lowest BCUT2D eigenvalue weighted by Crippen LogP contribution is -2.47. The van der Waals surface area contributed by atoms with Crippen LogP contribution in [0, 0.1) is 0 Å². The number of carboxylic acids is 1. The molecule has 1 atom stereocenters. The molecule has 1 aromatic rings. The third kappa shape index (κ3) is 13.4. The highest BCUT2D eigenvalue weighted by Crippen LogP contribution is 2.16. The Balaban J connectivity index is 0.000000675. The molecular formula is C22H36F3N3O4S. The third-order valence-corrected chi connectivity index (χ3v) is 6.36. The largest absolute Gasteiger partial charge is 0.490 e. The summed E-state index contributed by atoms with van der Waals surface area (Å²) < 4.78 is 61.8. The minimum absolute atomic E-state index is 0.0155. The molecule has 3 N–H and O–H groups in total. The molecule has 1 aromatic carbocycles. The molecule has 0 spiro atoms. The third-order valence-electron chi connectivity index (χ3n) is 5.21. The van der Waals surface area contributed by atoms with Crippen LogP contribution in [0.5, 0.6) is 0 Å². The summed E-state index contributed by atoms with van der Waals surface area (Å²) in [6.45, 7) is 4.03. The number of aryl methyl sites for hydroxylation is 1. The van der Waals surface area contributed by atoms with Gasteiger partial charge in [0.1, 0.15) is 0 Å². The van der Waals surface area contributed by atoms with Crippen LogP contribution in [-0.2, 0) is 21.4 Å². The van der Waals surface area contributed by atoms with E-state index in [2.05, 4.69) is 21.3 Å². The summed E-state index contributed by atoms with van der Waals surface area (Å²) in [5, 5.41) is 7.12. The number of likely N-dealkylation sites (tertiary alicyclic amines) is 1.